The molecule has 7 nitrogen and oxygen atoms in total. The number of aryl methyl sites for hydroxylation is 1. The fourth-order valence-electron chi connectivity index (χ4n) is 3.39. The predicted molar refractivity (Wildman–Crippen MR) is 109 cm³/mol. The third kappa shape index (κ3) is 4.28. The Morgan fingerprint density at radius 3 is 2.32 bits per heavy atom. The Hall–Kier alpha value is -2.19. The molecule has 0 aliphatic heterocycles. The van der Waals surface area contributed by atoms with Crippen molar-refractivity contribution in [1.82, 2.24) is 13.4 Å². The molecule has 2 aromatic heterocycles. The van der Waals surface area contributed by atoms with Gasteiger partial charge in [-0.05, 0) is 32.4 Å². The molecular weight excluding hydrogens is 378 g/mol. The third-order valence-electron chi connectivity index (χ3n) is 4.93. The van der Waals surface area contributed by atoms with Gasteiger partial charge in [0, 0.05) is 48.8 Å². The zero-order valence-corrected chi connectivity index (χ0v) is 18.0. The molecule has 2 aromatic rings. The SMILES string of the molecule is CCCn1c(C)cc(C(=O)Cn2cc(S(=O)(=O)N(CC)CC)ccc2=O)c1C. The van der Waals surface area contributed by atoms with Crippen molar-refractivity contribution in [1.29, 1.82) is 0 Å². The molecule has 0 N–H and O–H groups in total. The lowest BCUT2D eigenvalue weighted by Gasteiger charge is -2.19. The van der Waals surface area contributed by atoms with E-state index in [1.165, 1.54) is 27.2 Å². The van der Waals surface area contributed by atoms with E-state index in [1.54, 1.807) is 13.8 Å². The molecule has 0 fully saturated rings. The van der Waals surface area contributed by atoms with Gasteiger partial charge in [0.1, 0.15) is 0 Å². The van der Waals surface area contributed by atoms with E-state index < -0.39 is 15.6 Å². The number of nitrogens with zero attached hydrogens (tertiary/aromatic N) is 3. The Labute approximate surface area is 166 Å². The van der Waals surface area contributed by atoms with Crippen molar-refractivity contribution in [3.63, 3.8) is 0 Å². The number of hydrogen-bond acceptors (Lipinski definition) is 4. The van der Waals surface area contributed by atoms with Gasteiger partial charge in [0.2, 0.25) is 10.0 Å². The van der Waals surface area contributed by atoms with Crippen LogP contribution in [0.15, 0.2) is 34.1 Å². The van der Waals surface area contributed by atoms with E-state index in [4.69, 9.17) is 0 Å². The highest BCUT2D eigenvalue weighted by molar-refractivity contribution is 7.89. The monoisotopic (exact) mass is 407 g/mol. The molecule has 0 saturated heterocycles. The standard InChI is InChI=1S/C20H29N3O4S/c1-6-11-23-15(4)12-18(16(23)5)19(24)14-21-13-17(9-10-20(21)25)28(26,27)22(7-2)8-3/h9-10,12-13H,6-8,11,14H2,1-5H3. The van der Waals surface area contributed by atoms with E-state index in [9.17, 15) is 18.0 Å². The molecule has 28 heavy (non-hydrogen) atoms. The van der Waals surface area contributed by atoms with Crippen LogP contribution in [0, 0.1) is 13.8 Å². The number of Topliss-reactive ketones (excluding diaryl/α,β-unsaturated/α-hetero) is 1. The molecule has 0 radical (unpaired) electrons. The molecule has 154 valence electrons. The highest BCUT2D eigenvalue weighted by Gasteiger charge is 2.23. The first-order chi connectivity index (χ1) is 13.2. The second-order valence-electron chi connectivity index (χ2n) is 6.78. The number of pyridine rings is 1. The normalized spacial score (nSPS) is 11.9. The Balaban J connectivity index is 2.39. The predicted octanol–water partition coefficient (Wildman–Crippen LogP) is 2.59. The summed E-state index contributed by atoms with van der Waals surface area (Å²) in [7, 11) is -3.70. The molecule has 0 aliphatic carbocycles. The van der Waals surface area contributed by atoms with Crippen LogP contribution in [-0.2, 0) is 23.1 Å². The van der Waals surface area contributed by atoms with Crippen molar-refractivity contribution in [3.05, 3.63) is 51.7 Å². The largest absolute Gasteiger partial charge is 0.348 e. The lowest BCUT2D eigenvalue weighted by atomic mass is 10.1. The van der Waals surface area contributed by atoms with Crippen LogP contribution in [-0.4, -0.2) is 40.7 Å². The van der Waals surface area contributed by atoms with E-state index in [0.717, 1.165) is 24.4 Å². The summed E-state index contributed by atoms with van der Waals surface area (Å²) >= 11 is 0. The quantitative estimate of drug-likeness (QED) is 0.598. The molecule has 2 rings (SSSR count). The first-order valence-corrected chi connectivity index (χ1v) is 11.0. The van der Waals surface area contributed by atoms with Crippen LogP contribution >= 0.6 is 0 Å². The van der Waals surface area contributed by atoms with Crippen molar-refractivity contribution >= 4 is 15.8 Å². The molecule has 2 heterocycles. The van der Waals surface area contributed by atoms with E-state index in [2.05, 4.69) is 11.5 Å². The van der Waals surface area contributed by atoms with Gasteiger partial charge in [-0.25, -0.2) is 8.42 Å². The van der Waals surface area contributed by atoms with E-state index >= 15 is 0 Å². The average Bonchev–Trinajstić information content (AvgIpc) is 2.93. The van der Waals surface area contributed by atoms with Gasteiger partial charge >= 0.3 is 0 Å². The number of carbonyl (C=O) groups excluding carboxylic acids is 1. The molecule has 0 aromatic carbocycles. The van der Waals surface area contributed by atoms with Gasteiger partial charge in [-0.1, -0.05) is 20.8 Å². The van der Waals surface area contributed by atoms with Gasteiger partial charge < -0.3 is 9.13 Å². The summed E-state index contributed by atoms with van der Waals surface area (Å²) in [4.78, 5) is 25.1. The van der Waals surface area contributed by atoms with Crippen LogP contribution in [0.25, 0.3) is 0 Å². The average molecular weight is 408 g/mol. The van der Waals surface area contributed by atoms with Gasteiger partial charge in [-0.3, -0.25) is 9.59 Å². The van der Waals surface area contributed by atoms with Crippen LogP contribution in [0.1, 0.15) is 48.9 Å². The second kappa shape index (κ2) is 8.87. The van der Waals surface area contributed by atoms with Gasteiger partial charge in [0.05, 0.1) is 11.4 Å². The fourth-order valence-corrected chi connectivity index (χ4v) is 4.87. The number of hydrogen-bond donors (Lipinski definition) is 0. The minimum absolute atomic E-state index is 0.0139. The summed E-state index contributed by atoms with van der Waals surface area (Å²) in [5.41, 5.74) is 2.02. The minimum Gasteiger partial charge on any atom is -0.348 e. The van der Waals surface area contributed by atoms with E-state index in [-0.39, 0.29) is 17.2 Å². The maximum Gasteiger partial charge on any atom is 0.251 e. The zero-order valence-electron chi connectivity index (χ0n) is 17.2. The molecule has 8 heteroatoms. The third-order valence-corrected chi connectivity index (χ3v) is 6.97. The first-order valence-electron chi connectivity index (χ1n) is 9.57. The number of carbonyl (C=O) groups is 1. The van der Waals surface area contributed by atoms with Crippen LogP contribution in [0.2, 0.25) is 0 Å². The van der Waals surface area contributed by atoms with Gasteiger partial charge in [-0.2, -0.15) is 4.31 Å². The highest BCUT2D eigenvalue weighted by Crippen LogP contribution is 2.18. The van der Waals surface area contributed by atoms with Crippen molar-refractivity contribution in [2.45, 2.75) is 59.0 Å². The maximum atomic E-state index is 12.8. The van der Waals surface area contributed by atoms with Crippen molar-refractivity contribution in [3.8, 4) is 0 Å². The maximum absolute atomic E-state index is 12.8. The fraction of sp³-hybridized carbons (Fsp3) is 0.500. The number of rotatable bonds is 9. The summed E-state index contributed by atoms with van der Waals surface area (Å²) in [5, 5.41) is 0. The number of ketones is 1. The zero-order chi connectivity index (χ0) is 21.1. The lowest BCUT2D eigenvalue weighted by Crippen LogP contribution is -2.32. The summed E-state index contributed by atoms with van der Waals surface area (Å²) in [6.45, 7) is 10.7. The van der Waals surface area contributed by atoms with E-state index in [0.29, 0.717) is 18.7 Å². The number of sulfonamides is 1. The highest BCUT2D eigenvalue weighted by atomic mass is 32.2. The lowest BCUT2D eigenvalue weighted by molar-refractivity contribution is 0.0969. The summed E-state index contributed by atoms with van der Waals surface area (Å²) < 4.78 is 30.0. The molecule has 0 atom stereocenters. The summed E-state index contributed by atoms with van der Waals surface area (Å²) in [6.07, 6.45) is 2.22. The Morgan fingerprint density at radius 2 is 1.75 bits per heavy atom. The topological polar surface area (TPSA) is 81.4 Å². The Bertz CT molecular complexity index is 1010. The molecule has 0 aliphatic rings. The molecule has 0 saturated carbocycles. The second-order valence-corrected chi connectivity index (χ2v) is 8.72. The summed E-state index contributed by atoms with van der Waals surface area (Å²) in [6, 6.07) is 4.32. The first kappa shape index (κ1) is 22.1. The summed E-state index contributed by atoms with van der Waals surface area (Å²) in [5.74, 6) is -0.213. The van der Waals surface area contributed by atoms with Crippen LogP contribution in [0.5, 0.6) is 0 Å². The Kier molecular flexibility index (Phi) is 7.01. The van der Waals surface area contributed by atoms with Crippen LogP contribution in [0.4, 0.5) is 0 Å². The molecule has 0 bridgehead atoms. The Morgan fingerprint density at radius 1 is 1.11 bits per heavy atom. The van der Waals surface area contributed by atoms with Crippen molar-refractivity contribution in [2.24, 2.45) is 0 Å². The molecular formula is C20H29N3O4S. The van der Waals surface area contributed by atoms with Crippen LogP contribution in [0.3, 0.4) is 0 Å². The van der Waals surface area contributed by atoms with Gasteiger partial charge in [0.15, 0.2) is 5.78 Å². The smallest absolute Gasteiger partial charge is 0.251 e. The van der Waals surface area contributed by atoms with Crippen molar-refractivity contribution < 1.29 is 13.2 Å². The van der Waals surface area contributed by atoms with Gasteiger partial charge in [-0.15, -0.1) is 0 Å². The molecule has 0 amide bonds. The molecule has 0 unspecified atom stereocenters. The van der Waals surface area contributed by atoms with Crippen molar-refractivity contribution in [2.75, 3.05) is 13.1 Å². The van der Waals surface area contributed by atoms with Gasteiger partial charge in [0.25, 0.3) is 5.56 Å². The molecule has 0 spiro atoms. The van der Waals surface area contributed by atoms with E-state index in [1.807, 2.05) is 19.9 Å². The number of aromatic nitrogens is 2. The van der Waals surface area contributed by atoms with Crippen LogP contribution < -0.4 is 5.56 Å². The minimum atomic E-state index is -3.70.